The molecule has 5 heteroatoms. The van der Waals surface area contributed by atoms with Gasteiger partial charge in [0, 0.05) is 18.5 Å². The van der Waals surface area contributed by atoms with Crippen LogP contribution >= 0.6 is 11.8 Å². The van der Waals surface area contributed by atoms with Crippen molar-refractivity contribution in [1.29, 1.82) is 0 Å². The SMILES string of the molecule is O=C(CSc1ncnc2ccccc12)N1CC[C@H]2CCCC[C@H]2C1. The first-order valence-corrected chi connectivity index (χ1v) is 9.90. The third kappa shape index (κ3) is 3.27. The van der Waals surface area contributed by atoms with Crippen LogP contribution in [0.4, 0.5) is 0 Å². The summed E-state index contributed by atoms with van der Waals surface area (Å²) in [5.74, 6) is 2.33. The monoisotopic (exact) mass is 341 g/mol. The zero-order valence-corrected chi connectivity index (χ0v) is 14.7. The lowest BCUT2D eigenvalue weighted by molar-refractivity contribution is -0.131. The van der Waals surface area contributed by atoms with Gasteiger partial charge in [-0.25, -0.2) is 9.97 Å². The molecule has 2 aliphatic rings. The molecule has 2 atom stereocenters. The van der Waals surface area contributed by atoms with Crippen LogP contribution in [0.25, 0.3) is 10.9 Å². The van der Waals surface area contributed by atoms with Gasteiger partial charge < -0.3 is 4.90 Å². The molecule has 1 aliphatic heterocycles. The normalized spacial score (nSPS) is 23.9. The Morgan fingerprint density at radius 2 is 1.96 bits per heavy atom. The number of amides is 1. The summed E-state index contributed by atoms with van der Waals surface area (Å²) >= 11 is 1.54. The Bertz CT molecular complexity index is 730. The minimum absolute atomic E-state index is 0.256. The Balaban J connectivity index is 1.39. The van der Waals surface area contributed by atoms with E-state index in [1.165, 1.54) is 43.9 Å². The smallest absolute Gasteiger partial charge is 0.232 e. The molecule has 0 unspecified atom stereocenters. The molecule has 4 nitrogen and oxygen atoms in total. The zero-order chi connectivity index (χ0) is 16.4. The highest BCUT2D eigenvalue weighted by atomic mass is 32.2. The van der Waals surface area contributed by atoms with E-state index < -0.39 is 0 Å². The van der Waals surface area contributed by atoms with Crippen LogP contribution in [0.1, 0.15) is 32.1 Å². The van der Waals surface area contributed by atoms with E-state index in [0.29, 0.717) is 5.75 Å². The number of carbonyl (C=O) groups excluding carboxylic acids is 1. The largest absolute Gasteiger partial charge is 0.342 e. The average Bonchev–Trinajstić information content (AvgIpc) is 2.65. The molecular formula is C19H23N3OS. The molecule has 1 saturated heterocycles. The molecule has 1 aromatic carbocycles. The number of aromatic nitrogens is 2. The average molecular weight is 341 g/mol. The van der Waals surface area contributed by atoms with Gasteiger partial charge in [-0.2, -0.15) is 0 Å². The van der Waals surface area contributed by atoms with Crippen molar-refractivity contribution >= 4 is 28.6 Å². The summed E-state index contributed by atoms with van der Waals surface area (Å²) < 4.78 is 0. The van der Waals surface area contributed by atoms with Crippen molar-refractivity contribution in [2.24, 2.45) is 11.8 Å². The van der Waals surface area contributed by atoms with Crippen molar-refractivity contribution in [1.82, 2.24) is 14.9 Å². The van der Waals surface area contributed by atoms with E-state index in [9.17, 15) is 4.79 Å². The molecule has 2 heterocycles. The van der Waals surface area contributed by atoms with Crippen molar-refractivity contribution < 1.29 is 4.79 Å². The lowest BCUT2D eigenvalue weighted by Crippen LogP contribution is -2.45. The van der Waals surface area contributed by atoms with Gasteiger partial charge >= 0.3 is 0 Å². The first kappa shape index (κ1) is 15.9. The van der Waals surface area contributed by atoms with Gasteiger partial charge in [0.15, 0.2) is 0 Å². The third-order valence-corrected chi connectivity index (χ3v) is 6.47. The van der Waals surface area contributed by atoms with Crippen molar-refractivity contribution in [3.05, 3.63) is 30.6 Å². The summed E-state index contributed by atoms with van der Waals surface area (Å²) in [7, 11) is 0. The lowest BCUT2D eigenvalue weighted by Gasteiger charge is -2.41. The van der Waals surface area contributed by atoms with E-state index in [1.807, 2.05) is 24.3 Å². The Morgan fingerprint density at radius 3 is 2.88 bits per heavy atom. The molecule has 126 valence electrons. The van der Waals surface area contributed by atoms with Crippen LogP contribution in [0, 0.1) is 11.8 Å². The van der Waals surface area contributed by atoms with Gasteiger partial charge in [-0.15, -0.1) is 0 Å². The number of carbonyl (C=O) groups is 1. The fourth-order valence-corrected chi connectivity index (χ4v) is 5.04. The zero-order valence-electron chi connectivity index (χ0n) is 13.9. The van der Waals surface area contributed by atoms with Crippen molar-refractivity contribution in [3.8, 4) is 0 Å². The van der Waals surface area contributed by atoms with Gasteiger partial charge in [0.05, 0.1) is 11.3 Å². The van der Waals surface area contributed by atoms with Gasteiger partial charge in [-0.3, -0.25) is 4.79 Å². The number of para-hydroxylation sites is 1. The van der Waals surface area contributed by atoms with Crippen LogP contribution < -0.4 is 0 Å². The highest BCUT2D eigenvalue weighted by molar-refractivity contribution is 8.00. The summed E-state index contributed by atoms with van der Waals surface area (Å²) in [5.41, 5.74) is 0.936. The molecule has 2 aromatic rings. The van der Waals surface area contributed by atoms with Crippen LogP contribution in [0.3, 0.4) is 0 Å². The number of benzene rings is 1. The number of fused-ring (bicyclic) bond motifs is 2. The molecule has 4 rings (SSSR count). The number of rotatable bonds is 3. The van der Waals surface area contributed by atoms with Crippen LogP contribution in [0.2, 0.25) is 0 Å². The predicted octanol–water partition coefficient (Wildman–Crippen LogP) is 3.76. The van der Waals surface area contributed by atoms with E-state index in [0.717, 1.165) is 40.9 Å². The van der Waals surface area contributed by atoms with E-state index in [-0.39, 0.29) is 5.91 Å². The van der Waals surface area contributed by atoms with E-state index in [1.54, 1.807) is 6.33 Å². The van der Waals surface area contributed by atoms with Crippen LogP contribution in [-0.2, 0) is 4.79 Å². The molecule has 1 amide bonds. The fraction of sp³-hybridized carbons (Fsp3) is 0.526. The Labute approximate surface area is 147 Å². The number of hydrogen-bond donors (Lipinski definition) is 0. The molecule has 0 bridgehead atoms. The summed E-state index contributed by atoms with van der Waals surface area (Å²) in [6.45, 7) is 1.90. The van der Waals surface area contributed by atoms with Gasteiger partial charge in [0.25, 0.3) is 0 Å². The third-order valence-electron chi connectivity index (χ3n) is 5.48. The maximum Gasteiger partial charge on any atom is 0.232 e. The molecule has 1 aromatic heterocycles. The van der Waals surface area contributed by atoms with Crippen LogP contribution in [-0.4, -0.2) is 39.6 Å². The van der Waals surface area contributed by atoms with E-state index in [4.69, 9.17) is 0 Å². The maximum absolute atomic E-state index is 12.6. The second-order valence-electron chi connectivity index (χ2n) is 6.92. The van der Waals surface area contributed by atoms with Crippen LogP contribution in [0.5, 0.6) is 0 Å². The summed E-state index contributed by atoms with van der Waals surface area (Å²) in [4.78, 5) is 23.4. The quantitative estimate of drug-likeness (QED) is 0.630. The van der Waals surface area contributed by atoms with Gasteiger partial charge in [-0.05, 0) is 30.7 Å². The first-order valence-electron chi connectivity index (χ1n) is 8.91. The molecule has 1 saturated carbocycles. The topological polar surface area (TPSA) is 46.1 Å². The number of nitrogens with zero attached hydrogens (tertiary/aromatic N) is 3. The van der Waals surface area contributed by atoms with E-state index >= 15 is 0 Å². The number of thioether (sulfide) groups is 1. The molecule has 24 heavy (non-hydrogen) atoms. The second kappa shape index (κ2) is 7.09. The van der Waals surface area contributed by atoms with Crippen LogP contribution in [0.15, 0.2) is 35.6 Å². The molecule has 2 fully saturated rings. The van der Waals surface area contributed by atoms with Crippen molar-refractivity contribution in [2.45, 2.75) is 37.1 Å². The number of piperidine rings is 1. The predicted molar refractivity (Wildman–Crippen MR) is 96.9 cm³/mol. The highest BCUT2D eigenvalue weighted by Gasteiger charge is 2.32. The Kier molecular flexibility index (Phi) is 4.69. The van der Waals surface area contributed by atoms with Crippen molar-refractivity contribution in [2.75, 3.05) is 18.8 Å². The van der Waals surface area contributed by atoms with Gasteiger partial charge in [0.2, 0.25) is 5.91 Å². The Morgan fingerprint density at radius 1 is 1.12 bits per heavy atom. The van der Waals surface area contributed by atoms with Gasteiger partial charge in [-0.1, -0.05) is 49.2 Å². The molecular weight excluding hydrogens is 318 g/mol. The van der Waals surface area contributed by atoms with E-state index in [2.05, 4.69) is 14.9 Å². The molecule has 0 radical (unpaired) electrons. The fourth-order valence-electron chi connectivity index (χ4n) is 4.14. The van der Waals surface area contributed by atoms with Gasteiger partial charge in [0.1, 0.15) is 11.4 Å². The standard InChI is InChI=1S/C19H23N3OS/c23-18(22-10-9-14-5-1-2-6-15(14)11-22)12-24-19-16-7-3-4-8-17(16)20-13-21-19/h3-4,7-8,13-15H,1-2,5-6,9-12H2/t14-,15+/m1/s1. The summed E-state index contributed by atoms with van der Waals surface area (Å²) in [6, 6.07) is 7.97. The number of likely N-dealkylation sites (tertiary alicyclic amines) is 1. The van der Waals surface area contributed by atoms with Crippen molar-refractivity contribution in [3.63, 3.8) is 0 Å². The lowest BCUT2D eigenvalue weighted by atomic mass is 9.75. The maximum atomic E-state index is 12.6. The summed E-state index contributed by atoms with van der Waals surface area (Å²) in [5, 5.41) is 1.94. The molecule has 0 N–H and O–H groups in total. The molecule has 0 spiro atoms. The Hall–Kier alpha value is -1.62. The highest BCUT2D eigenvalue weighted by Crippen LogP contribution is 2.36. The number of hydrogen-bond acceptors (Lipinski definition) is 4. The first-order chi connectivity index (χ1) is 11.8. The summed E-state index contributed by atoms with van der Waals surface area (Å²) in [6.07, 6.45) is 8.17. The minimum atomic E-state index is 0.256. The second-order valence-corrected chi connectivity index (χ2v) is 7.88. The minimum Gasteiger partial charge on any atom is -0.342 e. The molecule has 1 aliphatic carbocycles.